The molecule has 5 nitrogen and oxygen atoms in total. The molecule has 1 aliphatic rings. The van der Waals surface area contributed by atoms with Crippen LogP contribution in [-0.2, 0) is 9.59 Å². The van der Waals surface area contributed by atoms with Gasteiger partial charge in [-0.15, -0.1) is 0 Å². The van der Waals surface area contributed by atoms with Crippen molar-refractivity contribution in [3.63, 3.8) is 0 Å². The molecule has 1 saturated carbocycles. The lowest BCUT2D eigenvalue weighted by molar-refractivity contribution is -0.145. The summed E-state index contributed by atoms with van der Waals surface area (Å²) in [5.74, 6) is -1.09. The first-order chi connectivity index (χ1) is 11.5. The summed E-state index contributed by atoms with van der Waals surface area (Å²) in [6.45, 7) is 0.986. The molecule has 1 N–H and O–H groups in total. The van der Waals surface area contributed by atoms with Crippen molar-refractivity contribution in [3.8, 4) is 5.75 Å². The molecule has 1 amide bonds. The summed E-state index contributed by atoms with van der Waals surface area (Å²) in [6, 6.07) is 5.82. The molecule has 2 unspecified atom stereocenters. The number of rotatable bonds is 7. The van der Waals surface area contributed by atoms with Gasteiger partial charge in [-0.05, 0) is 49.9 Å². The first kappa shape index (κ1) is 18.2. The zero-order valence-electron chi connectivity index (χ0n) is 13.9. The molecule has 0 bridgehead atoms. The predicted octanol–water partition coefficient (Wildman–Crippen LogP) is 2.94. The molecule has 0 aromatic heterocycles. The number of nitrogens with zero attached hydrogens (tertiary/aromatic N) is 1. The number of carbonyl (C=O) groups excluding carboxylic acids is 1. The van der Waals surface area contributed by atoms with Gasteiger partial charge >= 0.3 is 5.97 Å². The van der Waals surface area contributed by atoms with Crippen LogP contribution < -0.4 is 4.74 Å². The number of benzene rings is 1. The van der Waals surface area contributed by atoms with Gasteiger partial charge in [0.05, 0.1) is 12.5 Å². The quantitative estimate of drug-likeness (QED) is 0.777. The van der Waals surface area contributed by atoms with E-state index in [4.69, 9.17) is 9.84 Å². The van der Waals surface area contributed by atoms with E-state index in [0.717, 1.165) is 12.8 Å². The Morgan fingerprint density at radius 3 is 2.58 bits per heavy atom. The highest BCUT2D eigenvalue weighted by Crippen LogP contribution is 2.30. The van der Waals surface area contributed by atoms with Crippen LogP contribution in [0.15, 0.2) is 24.3 Å². The molecule has 2 rings (SSSR count). The van der Waals surface area contributed by atoms with Gasteiger partial charge in [0.25, 0.3) is 0 Å². The van der Waals surface area contributed by atoms with E-state index in [0.29, 0.717) is 38.2 Å². The van der Waals surface area contributed by atoms with Crippen molar-refractivity contribution in [1.82, 2.24) is 4.90 Å². The third kappa shape index (κ3) is 5.22. The second-order valence-corrected chi connectivity index (χ2v) is 6.31. The minimum atomic E-state index is -0.803. The Balaban J connectivity index is 1.71. The van der Waals surface area contributed by atoms with Gasteiger partial charge in [-0.1, -0.05) is 6.42 Å². The summed E-state index contributed by atoms with van der Waals surface area (Å²) in [6.07, 6.45) is 3.31. The largest absolute Gasteiger partial charge is 0.494 e. The average molecular weight is 337 g/mol. The molecular weight excluding hydrogens is 313 g/mol. The average Bonchev–Trinajstić information content (AvgIpc) is 2.59. The number of amides is 1. The molecule has 2 atom stereocenters. The summed E-state index contributed by atoms with van der Waals surface area (Å²) < 4.78 is 18.3. The number of ether oxygens (including phenoxy) is 1. The van der Waals surface area contributed by atoms with E-state index in [1.165, 1.54) is 12.1 Å². The second kappa shape index (κ2) is 8.66. The van der Waals surface area contributed by atoms with E-state index in [1.54, 1.807) is 24.1 Å². The first-order valence-corrected chi connectivity index (χ1v) is 8.33. The van der Waals surface area contributed by atoms with Gasteiger partial charge in [-0.3, -0.25) is 9.59 Å². The van der Waals surface area contributed by atoms with Crippen LogP contribution in [0.1, 0.15) is 32.1 Å². The Morgan fingerprint density at radius 1 is 1.25 bits per heavy atom. The van der Waals surface area contributed by atoms with E-state index >= 15 is 0 Å². The molecule has 0 saturated heterocycles. The van der Waals surface area contributed by atoms with E-state index in [9.17, 15) is 14.0 Å². The van der Waals surface area contributed by atoms with Crippen LogP contribution >= 0.6 is 0 Å². The highest BCUT2D eigenvalue weighted by atomic mass is 19.1. The smallest absolute Gasteiger partial charge is 0.306 e. The molecule has 1 aromatic carbocycles. The maximum atomic E-state index is 12.8. The van der Waals surface area contributed by atoms with E-state index < -0.39 is 11.9 Å². The minimum absolute atomic E-state index is 0.0164. The summed E-state index contributed by atoms with van der Waals surface area (Å²) in [7, 11) is 1.74. The van der Waals surface area contributed by atoms with Crippen molar-refractivity contribution in [2.45, 2.75) is 32.1 Å². The Kier molecular flexibility index (Phi) is 6.58. The molecule has 0 aliphatic heterocycles. The molecule has 24 heavy (non-hydrogen) atoms. The van der Waals surface area contributed by atoms with Crippen molar-refractivity contribution in [2.24, 2.45) is 11.8 Å². The second-order valence-electron chi connectivity index (χ2n) is 6.31. The van der Waals surface area contributed by atoms with E-state index in [-0.39, 0.29) is 17.6 Å². The highest BCUT2D eigenvalue weighted by molar-refractivity contribution is 5.80. The lowest BCUT2D eigenvalue weighted by Gasteiger charge is -2.29. The van der Waals surface area contributed by atoms with Crippen LogP contribution in [0, 0.1) is 17.7 Å². The standard InChI is InChI=1S/C18H24FNO4/c1-20(10-3-11-24-16-8-6-15(19)7-9-16)17(21)13-4-2-5-14(12-13)18(22)23/h6-9,13-14H,2-5,10-12H2,1H3,(H,22,23). The highest BCUT2D eigenvalue weighted by Gasteiger charge is 2.32. The van der Waals surface area contributed by atoms with Crippen LogP contribution in [0.4, 0.5) is 4.39 Å². The number of halogens is 1. The van der Waals surface area contributed by atoms with Crippen LogP contribution in [0.2, 0.25) is 0 Å². The number of aliphatic carboxylic acids is 1. The Hall–Kier alpha value is -2.11. The minimum Gasteiger partial charge on any atom is -0.494 e. The fourth-order valence-corrected chi connectivity index (χ4v) is 3.08. The van der Waals surface area contributed by atoms with Gasteiger partial charge in [0.1, 0.15) is 11.6 Å². The molecule has 1 fully saturated rings. The molecular formula is C18H24FNO4. The number of carboxylic acid groups (broad SMARTS) is 1. The molecule has 1 aliphatic carbocycles. The van der Waals surface area contributed by atoms with Gasteiger partial charge < -0.3 is 14.7 Å². The number of carbonyl (C=O) groups is 2. The predicted molar refractivity (Wildman–Crippen MR) is 87.2 cm³/mol. The Labute approximate surface area is 141 Å². The van der Waals surface area contributed by atoms with Gasteiger partial charge in [-0.25, -0.2) is 4.39 Å². The normalized spacial score (nSPS) is 20.4. The maximum absolute atomic E-state index is 12.8. The van der Waals surface area contributed by atoms with Crippen molar-refractivity contribution in [3.05, 3.63) is 30.1 Å². The molecule has 0 radical (unpaired) electrons. The third-order valence-electron chi connectivity index (χ3n) is 4.47. The fourth-order valence-electron chi connectivity index (χ4n) is 3.08. The third-order valence-corrected chi connectivity index (χ3v) is 4.47. The lowest BCUT2D eigenvalue weighted by atomic mass is 9.81. The number of hydrogen-bond donors (Lipinski definition) is 1. The van der Waals surface area contributed by atoms with Gasteiger partial charge in [0.15, 0.2) is 0 Å². The molecule has 6 heteroatoms. The molecule has 0 heterocycles. The van der Waals surface area contributed by atoms with Gasteiger partial charge in [0, 0.05) is 19.5 Å². The Morgan fingerprint density at radius 2 is 1.92 bits per heavy atom. The summed E-state index contributed by atoms with van der Waals surface area (Å²) in [5.41, 5.74) is 0. The van der Waals surface area contributed by atoms with E-state index in [2.05, 4.69) is 0 Å². The molecule has 132 valence electrons. The summed E-state index contributed by atoms with van der Waals surface area (Å²) in [5, 5.41) is 9.11. The van der Waals surface area contributed by atoms with Crippen LogP contribution in [0.3, 0.4) is 0 Å². The van der Waals surface area contributed by atoms with Crippen LogP contribution in [0.5, 0.6) is 5.75 Å². The van der Waals surface area contributed by atoms with E-state index in [1.807, 2.05) is 0 Å². The first-order valence-electron chi connectivity index (χ1n) is 8.33. The lowest BCUT2D eigenvalue weighted by Crippen LogP contribution is -2.37. The SMILES string of the molecule is CN(CCCOc1ccc(F)cc1)C(=O)C1CCCC(C(=O)O)C1. The van der Waals surface area contributed by atoms with Crippen LogP contribution in [0.25, 0.3) is 0 Å². The monoisotopic (exact) mass is 337 g/mol. The van der Waals surface area contributed by atoms with Crippen molar-refractivity contribution in [1.29, 1.82) is 0 Å². The van der Waals surface area contributed by atoms with Gasteiger partial charge in [-0.2, -0.15) is 0 Å². The topological polar surface area (TPSA) is 66.8 Å². The number of hydrogen-bond acceptors (Lipinski definition) is 3. The molecule has 0 spiro atoms. The zero-order chi connectivity index (χ0) is 17.5. The van der Waals surface area contributed by atoms with Crippen molar-refractivity contribution in [2.75, 3.05) is 20.2 Å². The number of carboxylic acids is 1. The zero-order valence-corrected chi connectivity index (χ0v) is 13.9. The summed E-state index contributed by atoms with van der Waals surface area (Å²) >= 11 is 0. The molecule has 1 aromatic rings. The maximum Gasteiger partial charge on any atom is 0.306 e. The summed E-state index contributed by atoms with van der Waals surface area (Å²) in [4.78, 5) is 25.2. The fraction of sp³-hybridized carbons (Fsp3) is 0.556. The Bertz CT molecular complexity index is 561. The van der Waals surface area contributed by atoms with Gasteiger partial charge in [0.2, 0.25) is 5.91 Å². The van der Waals surface area contributed by atoms with Crippen molar-refractivity contribution >= 4 is 11.9 Å². The van der Waals surface area contributed by atoms with Crippen LogP contribution in [-0.4, -0.2) is 42.1 Å². The van der Waals surface area contributed by atoms with Crippen molar-refractivity contribution < 1.29 is 23.8 Å².